The summed E-state index contributed by atoms with van der Waals surface area (Å²) in [7, 11) is -0.506. The van der Waals surface area contributed by atoms with E-state index in [1.807, 2.05) is 0 Å². The zero-order chi connectivity index (χ0) is 12.6. The molecule has 0 heterocycles. The van der Waals surface area contributed by atoms with Crippen molar-refractivity contribution in [1.29, 1.82) is 0 Å². The van der Waals surface area contributed by atoms with Crippen LogP contribution in [-0.4, -0.2) is 8.80 Å². The zero-order valence-corrected chi connectivity index (χ0v) is 11.6. The van der Waals surface area contributed by atoms with Crippen molar-refractivity contribution in [3.63, 3.8) is 0 Å². The Labute approximate surface area is 103 Å². The molecule has 0 aromatic heterocycles. The summed E-state index contributed by atoms with van der Waals surface area (Å²) in [6.07, 6.45) is 16.3. The number of rotatable bonds is 6. The molecule has 1 heteroatoms. The van der Waals surface area contributed by atoms with Crippen LogP contribution in [0.5, 0.6) is 0 Å². The predicted octanol–water partition coefficient (Wildman–Crippen LogP) is 3.29. The molecule has 0 aliphatic carbocycles. The number of hydrogen-bond donors (Lipinski definition) is 0. The standard InChI is InChI=1S/C15H21Si/c1-7-13(4)10-16(11-14(5)8-2)12-15(6)9-3/h1-3,13-15H,10-12H2,4-6H3. The summed E-state index contributed by atoms with van der Waals surface area (Å²) in [6, 6.07) is 3.37. The summed E-state index contributed by atoms with van der Waals surface area (Å²) in [5, 5.41) is 0. The topological polar surface area (TPSA) is 0 Å². The Morgan fingerprint density at radius 1 is 0.750 bits per heavy atom. The van der Waals surface area contributed by atoms with Crippen LogP contribution in [0.4, 0.5) is 0 Å². The molecular weight excluding hydrogens is 208 g/mol. The highest BCUT2D eigenvalue weighted by Crippen LogP contribution is 2.21. The van der Waals surface area contributed by atoms with Gasteiger partial charge in [0, 0.05) is 17.8 Å². The molecule has 0 amide bonds. The van der Waals surface area contributed by atoms with E-state index >= 15 is 0 Å². The highest BCUT2D eigenvalue weighted by molar-refractivity contribution is 6.59. The van der Waals surface area contributed by atoms with Crippen molar-refractivity contribution in [3.05, 3.63) is 0 Å². The Bertz CT molecular complexity index is 257. The Morgan fingerprint density at radius 3 is 1.19 bits per heavy atom. The van der Waals surface area contributed by atoms with E-state index in [1.165, 1.54) is 0 Å². The fourth-order valence-electron chi connectivity index (χ4n) is 1.73. The van der Waals surface area contributed by atoms with E-state index in [0.717, 1.165) is 18.1 Å². The number of hydrogen-bond acceptors (Lipinski definition) is 0. The maximum atomic E-state index is 5.43. The minimum Gasteiger partial charge on any atom is -0.120 e. The molecule has 85 valence electrons. The van der Waals surface area contributed by atoms with Crippen LogP contribution >= 0.6 is 0 Å². The lowest BCUT2D eigenvalue weighted by Crippen LogP contribution is -2.20. The molecule has 0 aliphatic heterocycles. The van der Waals surface area contributed by atoms with Crippen molar-refractivity contribution < 1.29 is 0 Å². The van der Waals surface area contributed by atoms with E-state index in [-0.39, 0.29) is 0 Å². The molecule has 0 nitrogen and oxygen atoms in total. The molecule has 0 N–H and O–H groups in total. The molecule has 0 saturated heterocycles. The van der Waals surface area contributed by atoms with Gasteiger partial charge in [-0.15, -0.1) is 37.0 Å². The van der Waals surface area contributed by atoms with Gasteiger partial charge in [0.05, 0.1) is 8.80 Å². The molecular formula is C15H21Si. The fourth-order valence-corrected chi connectivity index (χ4v) is 5.18. The van der Waals surface area contributed by atoms with Gasteiger partial charge in [0.15, 0.2) is 0 Å². The molecule has 0 aromatic rings. The zero-order valence-electron chi connectivity index (χ0n) is 10.6. The van der Waals surface area contributed by atoms with Crippen molar-refractivity contribution in [3.8, 4) is 37.0 Å². The second-order valence-corrected chi connectivity index (χ2v) is 7.29. The minimum atomic E-state index is -0.506. The van der Waals surface area contributed by atoms with Gasteiger partial charge in [0.1, 0.15) is 0 Å². The maximum Gasteiger partial charge on any atom is 0.0516 e. The molecule has 1 radical (unpaired) electrons. The SMILES string of the molecule is C#CC(C)C[Si](CC(C)C#C)CC(C)C#C. The van der Waals surface area contributed by atoms with Crippen LogP contribution in [0.1, 0.15) is 20.8 Å². The first-order valence-electron chi connectivity index (χ1n) is 5.75. The molecule has 0 spiro atoms. The van der Waals surface area contributed by atoms with E-state index in [0.29, 0.717) is 17.8 Å². The summed E-state index contributed by atoms with van der Waals surface area (Å²) < 4.78 is 0. The molecule has 0 aromatic carbocycles. The summed E-state index contributed by atoms with van der Waals surface area (Å²) in [5.74, 6) is 9.45. The summed E-state index contributed by atoms with van der Waals surface area (Å²) in [4.78, 5) is 0. The van der Waals surface area contributed by atoms with Crippen LogP contribution in [0.2, 0.25) is 18.1 Å². The van der Waals surface area contributed by atoms with E-state index in [2.05, 4.69) is 38.5 Å². The normalized spacial score (nSPS) is 15.6. The lowest BCUT2D eigenvalue weighted by Gasteiger charge is -2.19. The average molecular weight is 229 g/mol. The van der Waals surface area contributed by atoms with Gasteiger partial charge in [-0.1, -0.05) is 20.8 Å². The monoisotopic (exact) mass is 229 g/mol. The Kier molecular flexibility index (Phi) is 7.54. The van der Waals surface area contributed by atoms with Crippen LogP contribution in [0, 0.1) is 54.8 Å². The second kappa shape index (κ2) is 8.10. The van der Waals surface area contributed by atoms with Gasteiger partial charge < -0.3 is 0 Å². The Balaban J connectivity index is 4.35. The smallest absolute Gasteiger partial charge is 0.0516 e. The Hall–Kier alpha value is -1.10. The van der Waals surface area contributed by atoms with Gasteiger partial charge in [0.2, 0.25) is 0 Å². The van der Waals surface area contributed by atoms with E-state index in [4.69, 9.17) is 19.3 Å². The van der Waals surface area contributed by atoms with Gasteiger partial charge in [-0.25, -0.2) is 0 Å². The molecule has 3 unspecified atom stereocenters. The van der Waals surface area contributed by atoms with Crippen LogP contribution in [0.25, 0.3) is 0 Å². The molecule has 0 aliphatic rings. The predicted molar refractivity (Wildman–Crippen MR) is 74.2 cm³/mol. The third kappa shape index (κ3) is 6.39. The molecule has 16 heavy (non-hydrogen) atoms. The molecule has 0 saturated carbocycles. The minimum absolute atomic E-state index is 0.351. The quantitative estimate of drug-likeness (QED) is 0.484. The van der Waals surface area contributed by atoms with Crippen molar-refractivity contribution >= 4 is 8.80 Å². The van der Waals surface area contributed by atoms with Gasteiger partial charge in [0.25, 0.3) is 0 Å². The van der Waals surface area contributed by atoms with Crippen LogP contribution in [0.3, 0.4) is 0 Å². The first-order chi connectivity index (χ1) is 7.53. The fraction of sp³-hybridized carbons (Fsp3) is 0.600. The lowest BCUT2D eigenvalue weighted by atomic mass is 10.2. The van der Waals surface area contributed by atoms with Gasteiger partial charge in [-0.2, -0.15) is 0 Å². The van der Waals surface area contributed by atoms with Crippen molar-refractivity contribution in [2.45, 2.75) is 38.9 Å². The van der Waals surface area contributed by atoms with Crippen LogP contribution in [0.15, 0.2) is 0 Å². The van der Waals surface area contributed by atoms with E-state index in [1.54, 1.807) is 0 Å². The summed E-state index contributed by atoms with van der Waals surface area (Å²) >= 11 is 0. The third-order valence-electron chi connectivity index (χ3n) is 2.64. The molecule has 0 fully saturated rings. The highest BCUT2D eigenvalue weighted by Gasteiger charge is 2.18. The average Bonchev–Trinajstić information content (AvgIpc) is 2.28. The van der Waals surface area contributed by atoms with Gasteiger partial charge >= 0.3 is 0 Å². The number of terminal acetylenes is 3. The van der Waals surface area contributed by atoms with Gasteiger partial charge in [-0.3, -0.25) is 0 Å². The maximum absolute atomic E-state index is 5.43. The van der Waals surface area contributed by atoms with Crippen LogP contribution < -0.4 is 0 Å². The van der Waals surface area contributed by atoms with Gasteiger partial charge in [-0.05, 0) is 18.1 Å². The van der Waals surface area contributed by atoms with Crippen molar-refractivity contribution in [2.24, 2.45) is 17.8 Å². The van der Waals surface area contributed by atoms with E-state index in [9.17, 15) is 0 Å². The highest BCUT2D eigenvalue weighted by atomic mass is 28.3. The second-order valence-electron chi connectivity index (χ2n) is 4.57. The largest absolute Gasteiger partial charge is 0.120 e. The molecule has 3 atom stereocenters. The van der Waals surface area contributed by atoms with E-state index < -0.39 is 8.80 Å². The Morgan fingerprint density at radius 2 is 1.00 bits per heavy atom. The first-order valence-corrected chi connectivity index (χ1v) is 7.87. The lowest BCUT2D eigenvalue weighted by molar-refractivity contribution is 0.770. The molecule has 0 bridgehead atoms. The van der Waals surface area contributed by atoms with Crippen LogP contribution in [-0.2, 0) is 0 Å². The summed E-state index contributed by atoms with van der Waals surface area (Å²) in [5.41, 5.74) is 0. The van der Waals surface area contributed by atoms with Crippen molar-refractivity contribution in [1.82, 2.24) is 0 Å². The third-order valence-corrected chi connectivity index (χ3v) is 6.21. The molecule has 0 rings (SSSR count). The summed E-state index contributed by atoms with van der Waals surface area (Å²) in [6.45, 7) is 6.31. The van der Waals surface area contributed by atoms with Crippen molar-refractivity contribution in [2.75, 3.05) is 0 Å². The first kappa shape index (κ1) is 14.9.